The molecule has 2 N–H and O–H groups in total. The van der Waals surface area contributed by atoms with Gasteiger partial charge >= 0.3 is 0 Å². The molecule has 8 nitrogen and oxygen atoms in total. The van der Waals surface area contributed by atoms with Crippen molar-refractivity contribution in [3.8, 4) is 5.75 Å². The minimum Gasteiger partial charge on any atom is -0.467 e. The van der Waals surface area contributed by atoms with E-state index in [4.69, 9.17) is 32.7 Å². The third kappa shape index (κ3) is 4.60. The molecule has 0 saturated heterocycles. The first-order valence-electron chi connectivity index (χ1n) is 10.8. The van der Waals surface area contributed by atoms with E-state index in [0.717, 1.165) is 0 Å². The fourth-order valence-corrected chi connectivity index (χ4v) is 4.82. The first-order chi connectivity index (χ1) is 17.3. The molecule has 0 atom stereocenters. The molecule has 3 aromatic carbocycles. The molecule has 184 valence electrons. The zero-order valence-corrected chi connectivity index (χ0v) is 20.1. The highest BCUT2D eigenvalue weighted by atomic mass is 35.5. The minimum atomic E-state index is -0.594. The molecule has 0 fully saturated rings. The zero-order valence-electron chi connectivity index (χ0n) is 18.6. The summed E-state index contributed by atoms with van der Waals surface area (Å²) in [6.07, 6.45) is 0. The fraction of sp³-hybridized carbons (Fsp3) is 0.160. The first kappa shape index (κ1) is 24.1. The summed E-state index contributed by atoms with van der Waals surface area (Å²) in [6.45, 7) is 0.284. The normalized spacial score (nSPS) is 15.5. The molecule has 2 aliphatic rings. The van der Waals surface area contributed by atoms with Gasteiger partial charge in [-0.15, -0.1) is 0 Å². The number of hydrogen-bond donors (Lipinski definition) is 2. The Morgan fingerprint density at radius 2 is 1.92 bits per heavy atom. The number of amides is 2. The lowest BCUT2D eigenvalue weighted by atomic mass is 10.1. The van der Waals surface area contributed by atoms with Crippen LogP contribution in [-0.2, 0) is 29.2 Å². The van der Waals surface area contributed by atoms with E-state index in [1.807, 2.05) is 0 Å². The highest BCUT2D eigenvalue weighted by Gasteiger charge is 2.36. The van der Waals surface area contributed by atoms with Gasteiger partial charge in [0.1, 0.15) is 11.6 Å². The molecule has 2 amide bonds. The van der Waals surface area contributed by atoms with Gasteiger partial charge in [0.05, 0.1) is 18.8 Å². The predicted molar refractivity (Wildman–Crippen MR) is 130 cm³/mol. The summed E-state index contributed by atoms with van der Waals surface area (Å²) < 4.78 is 25.0. The van der Waals surface area contributed by atoms with E-state index >= 15 is 0 Å². The van der Waals surface area contributed by atoms with Crippen molar-refractivity contribution in [3.63, 3.8) is 0 Å². The number of nitrogens with zero attached hydrogens (tertiary/aromatic N) is 2. The lowest BCUT2D eigenvalue weighted by Crippen LogP contribution is -2.30. The van der Waals surface area contributed by atoms with Crippen LogP contribution >= 0.6 is 23.2 Å². The molecule has 0 aliphatic carbocycles. The Labute approximate surface area is 214 Å². The van der Waals surface area contributed by atoms with Gasteiger partial charge in [0, 0.05) is 38.8 Å². The van der Waals surface area contributed by atoms with Crippen molar-refractivity contribution >= 4 is 46.4 Å². The van der Waals surface area contributed by atoms with Crippen molar-refractivity contribution in [1.82, 2.24) is 5.32 Å². The van der Waals surface area contributed by atoms with E-state index in [9.17, 15) is 19.2 Å². The summed E-state index contributed by atoms with van der Waals surface area (Å²) in [7, 11) is 0. The molecule has 0 saturated carbocycles. The number of hydrogen-bond acceptors (Lipinski definition) is 6. The van der Waals surface area contributed by atoms with Crippen LogP contribution in [0, 0.1) is 5.82 Å². The van der Waals surface area contributed by atoms with Gasteiger partial charge in [0.15, 0.2) is 12.5 Å². The summed E-state index contributed by atoms with van der Waals surface area (Å²) in [5.41, 5.74) is 2.43. The number of carbonyl (C=O) groups is 2. The number of oxime groups is 1. The van der Waals surface area contributed by atoms with Crippen molar-refractivity contribution in [2.45, 2.75) is 19.7 Å². The molecule has 0 radical (unpaired) electrons. The minimum absolute atomic E-state index is 0.00166. The first-order valence-corrected chi connectivity index (χ1v) is 11.5. The quantitative estimate of drug-likeness (QED) is 0.370. The maximum atomic E-state index is 14.3. The summed E-state index contributed by atoms with van der Waals surface area (Å²) >= 11 is 12.0. The predicted octanol–water partition coefficient (Wildman–Crippen LogP) is 4.65. The van der Waals surface area contributed by atoms with E-state index in [1.54, 1.807) is 18.2 Å². The Morgan fingerprint density at radius 1 is 1.14 bits per heavy atom. The highest BCUT2D eigenvalue weighted by molar-refractivity contribution is 6.54. The molecule has 0 unspecified atom stereocenters. The van der Waals surface area contributed by atoms with E-state index in [2.05, 4.69) is 10.5 Å². The fourth-order valence-electron chi connectivity index (χ4n) is 4.24. The molecule has 5 rings (SSSR count). The molecule has 3 aromatic rings. The third-order valence-electron chi connectivity index (χ3n) is 5.81. The second-order valence-corrected chi connectivity index (χ2v) is 9.07. The Hall–Kier alpha value is -3.66. The van der Waals surface area contributed by atoms with Gasteiger partial charge in [-0.05, 0) is 54.1 Å². The van der Waals surface area contributed by atoms with Crippen LogP contribution in [0.3, 0.4) is 0 Å². The monoisotopic (exact) mass is 529 g/mol. The Balaban J connectivity index is 1.44. The molecule has 2 aliphatic heterocycles. The SMILES string of the molecule is O=C(NCc1cc(Cl)cc(Cl)c1)c1ccc2c(c1)N(Cc1cc(F)cc3c1OCOC3)C(=O)/C2=N\O. The van der Waals surface area contributed by atoms with Gasteiger partial charge in [0.25, 0.3) is 11.8 Å². The summed E-state index contributed by atoms with van der Waals surface area (Å²) in [4.78, 5) is 27.2. The van der Waals surface area contributed by atoms with Crippen LogP contribution in [0.25, 0.3) is 0 Å². The number of benzene rings is 3. The summed E-state index contributed by atoms with van der Waals surface area (Å²) in [5.74, 6) is -1.07. The topological polar surface area (TPSA) is 100 Å². The number of rotatable bonds is 5. The number of carbonyl (C=O) groups excluding carboxylic acids is 2. The van der Waals surface area contributed by atoms with Crippen LogP contribution < -0.4 is 15.0 Å². The zero-order chi connectivity index (χ0) is 25.4. The summed E-state index contributed by atoms with van der Waals surface area (Å²) in [5, 5.41) is 16.3. The molecule has 11 heteroatoms. The smallest absolute Gasteiger partial charge is 0.281 e. The molecule has 36 heavy (non-hydrogen) atoms. The maximum absolute atomic E-state index is 14.3. The van der Waals surface area contributed by atoms with Gasteiger partial charge in [-0.25, -0.2) is 4.39 Å². The van der Waals surface area contributed by atoms with Crippen LogP contribution in [0.2, 0.25) is 10.0 Å². The summed E-state index contributed by atoms with van der Waals surface area (Å²) in [6, 6.07) is 12.1. The van der Waals surface area contributed by atoms with Gasteiger partial charge in [-0.3, -0.25) is 9.59 Å². The lowest BCUT2D eigenvalue weighted by molar-refractivity contribution is -0.112. The number of ether oxygens (including phenoxy) is 2. The Morgan fingerprint density at radius 3 is 2.67 bits per heavy atom. The Kier molecular flexibility index (Phi) is 6.53. The van der Waals surface area contributed by atoms with Crippen LogP contribution in [0.5, 0.6) is 5.75 Å². The van der Waals surface area contributed by atoms with Crippen LogP contribution in [0.4, 0.5) is 10.1 Å². The van der Waals surface area contributed by atoms with E-state index in [0.29, 0.717) is 43.7 Å². The van der Waals surface area contributed by atoms with E-state index in [1.165, 1.54) is 35.2 Å². The van der Waals surface area contributed by atoms with Crippen molar-refractivity contribution in [1.29, 1.82) is 0 Å². The molecule has 0 aromatic heterocycles. The molecule has 0 spiro atoms. The van der Waals surface area contributed by atoms with Crippen molar-refractivity contribution in [2.75, 3.05) is 11.7 Å². The van der Waals surface area contributed by atoms with Crippen molar-refractivity contribution in [2.24, 2.45) is 5.16 Å². The molecule has 2 heterocycles. The van der Waals surface area contributed by atoms with Crippen LogP contribution in [-0.4, -0.2) is 29.5 Å². The molecule has 0 bridgehead atoms. The van der Waals surface area contributed by atoms with E-state index < -0.39 is 17.6 Å². The number of fused-ring (bicyclic) bond motifs is 2. The van der Waals surface area contributed by atoms with Gasteiger partial charge in [-0.1, -0.05) is 28.4 Å². The van der Waals surface area contributed by atoms with Crippen molar-refractivity contribution < 1.29 is 28.7 Å². The van der Waals surface area contributed by atoms with Crippen LogP contribution in [0.1, 0.15) is 32.6 Å². The second kappa shape index (κ2) is 9.77. The average Bonchev–Trinajstić information content (AvgIpc) is 3.11. The number of halogens is 3. The number of nitrogens with one attached hydrogen (secondary N) is 1. The third-order valence-corrected chi connectivity index (χ3v) is 6.25. The standard InChI is InChI=1S/C25H18Cl2FN3O5/c26-17-3-13(4-18(27)8-17)9-29-24(32)14-1-2-20-21(7-14)31(25(33)22(20)30-34)10-15-5-19(28)6-16-11-35-12-36-23(15)16/h1-8,34H,9-12H2,(H,29,32)/b30-22-. The Bertz CT molecular complexity index is 1410. The van der Waals surface area contributed by atoms with E-state index in [-0.39, 0.29) is 37.8 Å². The number of anilines is 1. The average molecular weight is 530 g/mol. The maximum Gasteiger partial charge on any atom is 0.281 e. The lowest BCUT2D eigenvalue weighted by Gasteiger charge is -2.24. The van der Waals surface area contributed by atoms with Crippen LogP contribution in [0.15, 0.2) is 53.7 Å². The highest BCUT2D eigenvalue weighted by Crippen LogP contribution is 2.36. The van der Waals surface area contributed by atoms with Crippen molar-refractivity contribution in [3.05, 3.63) is 92.2 Å². The van der Waals surface area contributed by atoms with Gasteiger partial charge in [-0.2, -0.15) is 0 Å². The van der Waals surface area contributed by atoms with Gasteiger partial charge < -0.3 is 24.9 Å². The second-order valence-electron chi connectivity index (χ2n) is 8.20. The largest absolute Gasteiger partial charge is 0.467 e. The molecular formula is C25H18Cl2FN3O5. The molecular weight excluding hydrogens is 512 g/mol. The van der Waals surface area contributed by atoms with Gasteiger partial charge in [0.2, 0.25) is 0 Å².